The highest BCUT2D eigenvalue weighted by atomic mass is 16.5. The lowest BCUT2D eigenvalue weighted by molar-refractivity contribution is -0.124. The molecule has 0 saturated carbocycles. The van der Waals surface area contributed by atoms with Crippen LogP contribution in [0.15, 0.2) is 65.3 Å². The Morgan fingerprint density at radius 2 is 1.79 bits per heavy atom. The third-order valence-corrected chi connectivity index (χ3v) is 4.94. The molecule has 0 aliphatic carbocycles. The highest BCUT2D eigenvalue weighted by Crippen LogP contribution is 2.26. The van der Waals surface area contributed by atoms with Gasteiger partial charge in [-0.05, 0) is 48.9 Å². The third kappa shape index (κ3) is 6.61. The quantitative estimate of drug-likeness (QED) is 0.476. The van der Waals surface area contributed by atoms with E-state index in [0.29, 0.717) is 22.9 Å². The van der Waals surface area contributed by atoms with Gasteiger partial charge < -0.3 is 29.4 Å². The molecule has 0 saturated heterocycles. The van der Waals surface area contributed by atoms with Crippen molar-refractivity contribution in [3.8, 4) is 11.5 Å². The van der Waals surface area contributed by atoms with E-state index in [1.54, 1.807) is 36.4 Å². The summed E-state index contributed by atoms with van der Waals surface area (Å²) in [6, 6.07) is 15.5. The van der Waals surface area contributed by atoms with Crippen molar-refractivity contribution in [3.63, 3.8) is 0 Å². The molecule has 178 valence electrons. The molecule has 0 aliphatic heterocycles. The predicted molar refractivity (Wildman–Crippen MR) is 126 cm³/mol. The molecule has 9 heteroatoms. The molecule has 2 N–H and O–H groups in total. The molecule has 0 radical (unpaired) electrons. The molecule has 0 spiro atoms. The molecule has 34 heavy (non-hydrogen) atoms. The number of hydrogen-bond acceptors (Lipinski definition) is 6. The summed E-state index contributed by atoms with van der Waals surface area (Å²) in [5.41, 5.74) is 1.91. The number of benzene rings is 2. The molecule has 1 heterocycles. The lowest BCUT2D eigenvalue weighted by atomic mass is 10.1. The number of ether oxygens (including phenoxy) is 2. The number of carbonyl (C=O) groups excluding carboxylic acids is 3. The molecule has 0 aliphatic rings. The number of rotatable bonds is 10. The van der Waals surface area contributed by atoms with E-state index in [4.69, 9.17) is 13.9 Å². The zero-order valence-electron chi connectivity index (χ0n) is 19.3. The second kappa shape index (κ2) is 11.6. The molecule has 3 aromatic rings. The van der Waals surface area contributed by atoms with Crippen LogP contribution in [0.4, 0.5) is 5.69 Å². The molecule has 0 fully saturated rings. The van der Waals surface area contributed by atoms with Crippen molar-refractivity contribution in [2.45, 2.75) is 13.5 Å². The van der Waals surface area contributed by atoms with Crippen LogP contribution < -0.4 is 20.1 Å². The highest BCUT2D eigenvalue weighted by Gasteiger charge is 2.24. The molecule has 0 unspecified atom stereocenters. The number of furan rings is 1. The molecule has 9 nitrogen and oxygen atoms in total. The summed E-state index contributed by atoms with van der Waals surface area (Å²) in [6.45, 7) is 1.46. The summed E-state index contributed by atoms with van der Waals surface area (Å²) in [7, 11) is 2.96. The molecule has 1 aromatic heterocycles. The number of nitrogens with one attached hydrogen (secondary N) is 2. The van der Waals surface area contributed by atoms with E-state index in [1.807, 2.05) is 25.1 Å². The average Bonchev–Trinajstić information content (AvgIpc) is 3.34. The van der Waals surface area contributed by atoms with Gasteiger partial charge in [-0.15, -0.1) is 0 Å². The van der Waals surface area contributed by atoms with E-state index in [9.17, 15) is 14.4 Å². The zero-order chi connectivity index (χ0) is 24.5. The number of methoxy groups -OCH3 is 2. The Balaban J connectivity index is 1.68. The number of carbonyl (C=O) groups is 3. The SMILES string of the molecule is COc1ccc(C(=O)N(CC(=O)NCC(=O)Nc2cccc(C)c2)Cc2ccco2)c(OC)c1. The lowest BCUT2D eigenvalue weighted by Gasteiger charge is -2.22. The monoisotopic (exact) mass is 465 g/mol. The molecule has 0 bridgehead atoms. The number of anilines is 1. The van der Waals surface area contributed by atoms with Crippen LogP contribution in [0, 0.1) is 6.92 Å². The normalized spacial score (nSPS) is 10.3. The van der Waals surface area contributed by atoms with Crippen LogP contribution in [-0.2, 0) is 16.1 Å². The number of hydrogen-bond donors (Lipinski definition) is 2. The Bertz CT molecular complexity index is 1140. The zero-order valence-corrected chi connectivity index (χ0v) is 19.3. The van der Waals surface area contributed by atoms with Gasteiger partial charge in [-0.2, -0.15) is 0 Å². The van der Waals surface area contributed by atoms with Gasteiger partial charge in [0.1, 0.15) is 23.8 Å². The first-order valence-electron chi connectivity index (χ1n) is 10.6. The topological polar surface area (TPSA) is 110 Å². The van der Waals surface area contributed by atoms with Crippen LogP contribution in [0.5, 0.6) is 11.5 Å². The summed E-state index contributed by atoms with van der Waals surface area (Å²) in [5, 5.41) is 5.28. The van der Waals surface area contributed by atoms with Gasteiger partial charge in [0.2, 0.25) is 11.8 Å². The van der Waals surface area contributed by atoms with Crippen molar-refractivity contribution in [1.82, 2.24) is 10.2 Å². The maximum absolute atomic E-state index is 13.3. The molecule has 2 aromatic carbocycles. The Morgan fingerprint density at radius 1 is 0.971 bits per heavy atom. The van der Waals surface area contributed by atoms with Gasteiger partial charge in [0, 0.05) is 11.8 Å². The largest absolute Gasteiger partial charge is 0.497 e. The Morgan fingerprint density at radius 3 is 2.47 bits per heavy atom. The van der Waals surface area contributed by atoms with Gasteiger partial charge in [0.25, 0.3) is 5.91 Å². The fourth-order valence-electron chi connectivity index (χ4n) is 3.27. The van der Waals surface area contributed by atoms with Gasteiger partial charge >= 0.3 is 0 Å². The van der Waals surface area contributed by atoms with E-state index in [1.165, 1.54) is 25.4 Å². The van der Waals surface area contributed by atoms with E-state index < -0.39 is 11.8 Å². The highest BCUT2D eigenvalue weighted by molar-refractivity contribution is 5.99. The van der Waals surface area contributed by atoms with Gasteiger partial charge in [-0.1, -0.05) is 12.1 Å². The van der Waals surface area contributed by atoms with Crippen LogP contribution in [0.3, 0.4) is 0 Å². The number of amides is 3. The van der Waals surface area contributed by atoms with E-state index in [2.05, 4.69) is 10.6 Å². The molecule has 0 atom stereocenters. The maximum Gasteiger partial charge on any atom is 0.258 e. The first-order chi connectivity index (χ1) is 16.4. The van der Waals surface area contributed by atoms with Crippen LogP contribution in [0.2, 0.25) is 0 Å². The van der Waals surface area contributed by atoms with Crippen molar-refractivity contribution in [3.05, 3.63) is 77.7 Å². The van der Waals surface area contributed by atoms with E-state index >= 15 is 0 Å². The van der Waals surface area contributed by atoms with Crippen molar-refractivity contribution < 1.29 is 28.3 Å². The first-order valence-corrected chi connectivity index (χ1v) is 10.6. The van der Waals surface area contributed by atoms with Crippen molar-refractivity contribution in [2.75, 3.05) is 32.6 Å². The third-order valence-electron chi connectivity index (χ3n) is 4.94. The molecular weight excluding hydrogens is 438 g/mol. The van der Waals surface area contributed by atoms with E-state index in [-0.39, 0.29) is 31.1 Å². The second-order valence-electron chi connectivity index (χ2n) is 7.50. The average molecular weight is 466 g/mol. The molecule has 3 amide bonds. The van der Waals surface area contributed by atoms with Crippen LogP contribution in [-0.4, -0.2) is 49.9 Å². The van der Waals surface area contributed by atoms with Crippen LogP contribution in [0.25, 0.3) is 0 Å². The van der Waals surface area contributed by atoms with Gasteiger partial charge in [0.05, 0.1) is 39.1 Å². The van der Waals surface area contributed by atoms with Crippen molar-refractivity contribution in [2.24, 2.45) is 0 Å². The second-order valence-corrected chi connectivity index (χ2v) is 7.50. The maximum atomic E-state index is 13.3. The predicted octanol–water partition coefficient (Wildman–Crippen LogP) is 3.00. The Kier molecular flexibility index (Phi) is 8.28. The fraction of sp³-hybridized carbons (Fsp3) is 0.240. The fourth-order valence-corrected chi connectivity index (χ4v) is 3.27. The summed E-state index contributed by atoms with van der Waals surface area (Å²) in [4.78, 5) is 39.5. The van der Waals surface area contributed by atoms with Gasteiger partial charge in [-0.3, -0.25) is 14.4 Å². The van der Waals surface area contributed by atoms with Crippen LogP contribution >= 0.6 is 0 Å². The summed E-state index contributed by atoms with van der Waals surface area (Å²) in [5.74, 6) is 0.0441. The van der Waals surface area contributed by atoms with Gasteiger partial charge in [0.15, 0.2) is 0 Å². The van der Waals surface area contributed by atoms with Crippen molar-refractivity contribution >= 4 is 23.4 Å². The van der Waals surface area contributed by atoms with E-state index in [0.717, 1.165) is 5.56 Å². The van der Waals surface area contributed by atoms with Gasteiger partial charge in [-0.25, -0.2) is 0 Å². The Hall–Kier alpha value is -4.27. The molecule has 3 rings (SSSR count). The Labute approximate surface area is 197 Å². The van der Waals surface area contributed by atoms with Crippen LogP contribution in [0.1, 0.15) is 21.7 Å². The van der Waals surface area contributed by atoms with Crippen molar-refractivity contribution in [1.29, 1.82) is 0 Å². The summed E-state index contributed by atoms with van der Waals surface area (Å²) in [6.07, 6.45) is 1.49. The lowest BCUT2D eigenvalue weighted by Crippen LogP contribution is -2.42. The summed E-state index contributed by atoms with van der Waals surface area (Å²) < 4.78 is 15.9. The standard InChI is InChI=1S/C25H27N3O6/c1-17-6-4-7-18(12-17)27-23(29)14-26-24(30)16-28(15-20-8-5-11-34-20)25(31)21-10-9-19(32-2)13-22(21)33-3/h4-13H,14-16H2,1-3H3,(H,26,30)(H,27,29). The number of aryl methyl sites for hydroxylation is 1. The molecular formula is C25H27N3O6. The minimum atomic E-state index is -0.494. The summed E-state index contributed by atoms with van der Waals surface area (Å²) >= 11 is 0. The first kappa shape index (κ1) is 24.4. The minimum absolute atomic E-state index is 0.0594. The smallest absolute Gasteiger partial charge is 0.258 e. The minimum Gasteiger partial charge on any atom is -0.497 e. The number of nitrogens with zero attached hydrogens (tertiary/aromatic N) is 1.